The molecule has 0 saturated heterocycles. The van der Waals surface area contributed by atoms with Gasteiger partial charge in [-0.1, -0.05) is 30.8 Å². The van der Waals surface area contributed by atoms with Crippen LogP contribution in [0.4, 0.5) is 0 Å². The topological polar surface area (TPSA) is 78.5 Å². The Bertz CT molecular complexity index is 963. The Kier molecular flexibility index (Phi) is 4.57. The van der Waals surface area contributed by atoms with Crippen molar-refractivity contribution in [2.24, 2.45) is 7.05 Å². The predicted molar refractivity (Wildman–Crippen MR) is 92.3 cm³/mol. The van der Waals surface area contributed by atoms with Crippen LogP contribution in [0.15, 0.2) is 34.2 Å². The third-order valence-corrected chi connectivity index (χ3v) is 4.68. The van der Waals surface area contributed by atoms with E-state index in [9.17, 15) is 9.59 Å². The summed E-state index contributed by atoms with van der Waals surface area (Å²) in [6.07, 6.45) is 0.781. The van der Waals surface area contributed by atoms with Crippen LogP contribution in [0.1, 0.15) is 20.3 Å². The van der Waals surface area contributed by atoms with E-state index in [0.717, 1.165) is 11.9 Å². The lowest BCUT2D eigenvalue weighted by atomic mass is 10.2. The molecule has 3 rings (SSSR count). The molecule has 0 aliphatic carbocycles. The van der Waals surface area contributed by atoms with Gasteiger partial charge in [0, 0.05) is 7.05 Å². The summed E-state index contributed by atoms with van der Waals surface area (Å²) in [5.41, 5.74) is 0.592. The van der Waals surface area contributed by atoms with E-state index >= 15 is 0 Å². The molecule has 0 saturated carbocycles. The molecular formula is C16H18N4O3S. The number of rotatable bonds is 5. The SMILES string of the molecule is CCCOC(=O)C(C)Sc1nnc2n(C)c(=O)c3ccccc3n12. The van der Waals surface area contributed by atoms with Crippen molar-refractivity contribution in [1.29, 1.82) is 0 Å². The lowest BCUT2D eigenvalue weighted by Crippen LogP contribution is -2.20. The molecule has 1 unspecified atom stereocenters. The molecule has 0 bridgehead atoms. The Hall–Kier alpha value is -2.35. The number of aromatic nitrogens is 4. The first-order chi connectivity index (χ1) is 11.5. The van der Waals surface area contributed by atoms with Gasteiger partial charge in [0.2, 0.25) is 5.78 Å². The zero-order valence-electron chi connectivity index (χ0n) is 13.7. The highest BCUT2D eigenvalue weighted by atomic mass is 32.2. The Morgan fingerprint density at radius 3 is 2.83 bits per heavy atom. The Morgan fingerprint density at radius 2 is 2.08 bits per heavy atom. The number of ether oxygens (including phenoxy) is 1. The van der Waals surface area contributed by atoms with Gasteiger partial charge in [-0.3, -0.25) is 18.6 Å². The van der Waals surface area contributed by atoms with Crippen molar-refractivity contribution in [2.45, 2.75) is 30.7 Å². The van der Waals surface area contributed by atoms with Crippen LogP contribution in [-0.4, -0.2) is 37.0 Å². The van der Waals surface area contributed by atoms with Crippen molar-refractivity contribution in [2.75, 3.05) is 6.61 Å². The van der Waals surface area contributed by atoms with Crippen molar-refractivity contribution in [3.8, 4) is 0 Å². The maximum Gasteiger partial charge on any atom is 0.319 e. The summed E-state index contributed by atoms with van der Waals surface area (Å²) in [4.78, 5) is 24.4. The normalized spacial score (nSPS) is 12.6. The first kappa shape index (κ1) is 16.5. The number of benzene rings is 1. The van der Waals surface area contributed by atoms with Crippen LogP contribution in [0.3, 0.4) is 0 Å². The van der Waals surface area contributed by atoms with Crippen LogP contribution in [0.2, 0.25) is 0 Å². The fraction of sp³-hybridized carbons (Fsp3) is 0.375. The van der Waals surface area contributed by atoms with Crippen molar-refractivity contribution < 1.29 is 9.53 Å². The molecule has 0 spiro atoms. The molecule has 1 atom stereocenters. The molecule has 3 aromatic rings. The number of thioether (sulfide) groups is 1. The van der Waals surface area contributed by atoms with E-state index in [1.54, 1.807) is 24.4 Å². The number of fused-ring (bicyclic) bond motifs is 3. The highest BCUT2D eigenvalue weighted by Gasteiger charge is 2.21. The Morgan fingerprint density at radius 1 is 1.33 bits per heavy atom. The first-order valence-electron chi connectivity index (χ1n) is 7.70. The maximum absolute atomic E-state index is 12.4. The van der Waals surface area contributed by atoms with Crippen LogP contribution < -0.4 is 5.56 Å². The van der Waals surface area contributed by atoms with Crippen LogP contribution in [-0.2, 0) is 16.6 Å². The van der Waals surface area contributed by atoms with E-state index in [0.29, 0.717) is 22.9 Å². The Balaban J connectivity index is 2.07. The molecule has 1 aromatic carbocycles. The first-order valence-corrected chi connectivity index (χ1v) is 8.58. The van der Waals surface area contributed by atoms with Crippen LogP contribution >= 0.6 is 11.8 Å². The zero-order chi connectivity index (χ0) is 17.3. The fourth-order valence-corrected chi connectivity index (χ4v) is 3.27. The van der Waals surface area contributed by atoms with Gasteiger partial charge < -0.3 is 4.74 Å². The summed E-state index contributed by atoms with van der Waals surface area (Å²) in [7, 11) is 1.66. The van der Waals surface area contributed by atoms with Gasteiger partial charge in [-0.25, -0.2) is 0 Å². The monoisotopic (exact) mass is 346 g/mol. The molecule has 126 valence electrons. The number of hydrogen-bond acceptors (Lipinski definition) is 6. The second-order valence-electron chi connectivity index (χ2n) is 5.43. The number of para-hydroxylation sites is 1. The average molecular weight is 346 g/mol. The Labute approximate surface area is 142 Å². The smallest absolute Gasteiger partial charge is 0.319 e. The van der Waals surface area contributed by atoms with Crippen LogP contribution in [0, 0.1) is 0 Å². The van der Waals surface area contributed by atoms with Crippen molar-refractivity contribution in [3.05, 3.63) is 34.6 Å². The van der Waals surface area contributed by atoms with Gasteiger partial charge in [0.15, 0.2) is 5.16 Å². The van der Waals surface area contributed by atoms with Gasteiger partial charge in [-0.2, -0.15) is 0 Å². The molecule has 0 aliphatic heterocycles. The molecule has 24 heavy (non-hydrogen) atoms. The largest absolute Gasteiger partial charge is 0.465 e. The molecule has 7 nitrogen and oxygen atoms in total. The van der Waals surface area contributed by atoms with E-state index in [2.05, 4.69) is 10.2 Å². The second kappa shape index (κ2) is 6.64. The number of carbonyl (C=O) groups excluding carboxylic acids is 1. The van der Waals surface area contributed by atoms with Gasteiger partial charge in [0.05, 0.1) is 17.5 Å². The summed E-state index contributed by atoms with van der Waals surface area (Å²) >= 11 is 1.27. The summed E-state index contributed by atoms with van der Waals surface area (Å²) in [5, 5.41) is 8.98. The summed E-state index contributed by atoms with van der Waals surface area (Å²) in [6, 6.07) is 7.29. The minimum absolute atomic E-state index is 0.127. The zero-order valence-corrected chi connectivity index (χ0v) is 14.5. The van der Waals surface area contributed by atoms with Crippen molar-refractivity contribution in [3.63, 3.8) is 0 Å². The third-order valence-electron chi connectivity index (χ3n) is 3.66. The number of esters is 1. The standard InChI is InChI=1S/C16H18N4O3S/c1-4-9-23-14(22)10(2)24-16-18-17-15-19(3)13(21)11-7-5-6-8-12(11)20(15)16/h5-8,10H,4,9H2,1-3H3. The lowest BCUT2D eigenvalue weighted by Gasteiger charge is -2.11. The van der Waals surface area contributed by atoms with E-state index in [-0.39, 0.29) is 11.5 Å². The van der Waals surface area contributed by atoms with Crippen molar-refractivity contribution >= 4 is 34.4 Å². The quantitative estimate of drug-likeness (QED) is 0.519. The van der Waals surface area contributed by atoms with E-state index in [1.165, 1.54) is 16.3 Å². The highest BCUT2D eigenvalue weighted by molar-refractivity contribution is 8.00. The van der Waals surface area contributed by atoms with Gasteiger partial charge >= 0.3 is 5.97 Å². The minimum atomic E-state index is -0.417. The molecule has 2 heterocycles. The molecule has 8 heteroatoms. The van der Waals surface area contributed by atoms with E-state index in [1.807, 2.05) is 25.1 Å². The van der Waals surface area contributed by atoms with Gasteiger partial charge in [0.1, 0.15) is 5.25 Å². The van der Waals surface area contributed by atoms with Gasteiger partial charge in [0.25, 0.3) is 5.56 Å². The fourth-order valence-electron chi connectivity index (χ4n) is 2.41. The third kappa shape index (κ3) is 2.77. The second-order valence-corrected chi connectivity index (χ2v) is 6.73. The highest BCUT2D eigenvalue weighted by Crippen LogP contribution is 2.25. The minimum Gasteiger partial charge on any atom is -0.465 e. The van der Waals surface area contributed by atoms with Gasteiger partial charge in [-0.15, -0.1) is 10.2 Å². The lowest BCUT2D eigenvalue weighted by molar-refractivity contribution is -0.142. The van der Waals surface area contributed by atoms with Crippen LogP contribution in [0.5, 0.6) is 0 Å². The van der Waals surface area contributed by atoms with E-state index < -0.39 is 5.25 Å². The predicted octanol–water partition coefficient (Wildman–Crippen LogP) is 2.02. The summed E-state index contributed by atoms with van der Waals surface area (Å²) < 4.78 is 8.43. The van der Waals surface area contributed by atoms with Gasteiger partial charge in [-0.05, 0) is 25.5 Å². The van der Waals surface area contributed by atoms with Crippen molar-refractivity contribution in [1.82, 2.24) is 19.2 Å². The molecule has 0 amide bonds. The molecule has 0 aliphatic rings. The number of carbonyl (C=O) groups is 1. The number of aryl methyl sites for hydroxylation is 1. The van der Waals surface area contributed by atoms with E-state index in [4.69, 9.17) is 4.74 Å². The molecular weight excluding hydrogens is 328 g/mol. The molecule has 2 aromatic heterocycles. The molecule has 0 fully saturated rings. The summed E-state index contributed by atoms with van der Waals surface area (Å²) in [6.45, 7) is 4.12. The number of nitrogens with zero attached hydrogens (tertiary/aromatic N) is 4. The maximum atomic E-state index is 12.4. The number of hydrogen-bond donors (Lipinski definition) is 0. The van der Waals surface area contributed by atoms with Crippen LogP contribution in [0.25, 0.3) is 16.7 Å². The molecule has 0 N–H and O–H groups in total. The average Bonchev–Trinajstić information content (AvgIpc) is 3.01. The molecule has 0 radical (unpaired) electrons. The summed E-state index contributed by atoms with van der Waals surface area (Å²) in [5.74, 6) is 0.156.